The van der Waals surface area contributed by atoms with E-state index < -0.39 is 5.97 Å². The molecular weight excluding hydrogens is 245 g/mol. The predicted molar refractivity (Wildman–Crippen MR) is 64.7 cm³/mol. The molecule has 0 saturated carbocycles. The van der Waals surface area contributed by atoms with Crippen LogP contribution >= 0.6 is 11.8 Å². The largest absolute Gasteiger partial charge is 0.481 e. The molecule has 0 unspecified atom stereocenters. The predicted octanol–water partition coefficient (Wildman–Crippen LogP) is 1.89. The second-order valence-corrected chi connectivity index (χ2v) is 4.38. The van der Waals surface area contributed by atoms with Gasteiger partial charge in [0.1, 0.15) is 5.82 Å². The Bertz CT molecular complexity index is 437. The number of aryl methyl sites for hydroxylation is 1. The molecule has 1 aromatic rings. The number of thioether (sulfide) groups is 1. The van der Waals surface area contributed by atoms with Gasteiger partial charge in [0.15, 0.2) is 0 Å². The highest BCUT2D eigenvalue weighted by Crippen LogP contribution is 2.13. The van der Waals surface area contributed by atoms with Crippen LogP contribution in [0.1, 0.15) is 5.56 Å². The molecule has 0 spiro atoms. The van der Waals surface area contributed by atoms with Crippen LogP contribution in [0.4, 0.5) is 10.1 Å². The van der Waals surface area contributed by atoms with E-state index in [1.807, 2.05) is 0 Å². The summed E-state index contributed by atoms with van der Waals surface area (Å²) in [5.74, 6) is -1.80. The van der Waals surface area contributed by atoms with Gasteiger partial charge in [-0.3, -0.25) is 9.59 Å². The Hall–Kier alpha value is -1.56. The number of amides is 1. The molecule has 0 aromatic heterocycles. The van der Waals surface area contributed by atoms with Crippen LogP contribution in [0.2, 0.25) is 0 Å². The van der Waals surface area contributed by atoms with Gasteiger partial charge >= 0.3 is 5.97 Å². The van der Waals surface area contributed by atoms with Crippen molar-refractivity contribution >= 4 is 29.3 Å². The molecule has 0 saturated heterocycles. The number of anilines is 1. The molecule has 0 aliphatic carbocycles. The van der Waals surface area contributed by atoms with Crippen molar-refractivity contribution in [3.63, 3.8) is 0 Å². The van der Waals surface area contributed by atoms with Crippen LogP contribution in [-0.2, 0) is 9.59 Å². The average molecular weight is 257 g/mol. The molecule has 0 fully saturated rings. The minimum atomic E-state index is -0.968. The Morgan fingerprint density at radius 2 is 2.12 bits per heavy atom. The number of aliphatic carboxylic acids is 1. The second-order valence-electron chi connectivity index (χ2n) is 3.40. The van der Waals surface area contributed by atoms with Crippen molar-refractivity contribution in [1.29, 1.82) is 0 Å². The van der Waals surface area contributed by atoms with Gasteiger partial charge in [-0.2, -0.15) is 0 Å². The number of carboxylic acids is 1. The molecule has 1 aromatic carbocycles. The fraction of sp³-hybridized carbons (Fsp3) is 0.273. The van der Waals surface area contributed by atoms with E-state index in [4.69, 9.17) is 5.11 Å². The maximum atomic E-state index is 13.2. The lowest BCUT2D eigenvalue weighted by molar-refractivity contribution is -0.133. The quantitative estimate of drug-likeness (QED) is 0.845. The zero-order valence-corrected chi connectivity index (χ0v) is 10.0. The summed E-state index contributed by atoms with van der Waals surface area (Å²) in [4.78, 5) is 21.6. The molecule has 0 aliphatic heterocycles. The molecule has 6 heteroatoms. The van der Waals surface area contributed by atoms with Gasteiger partial charge in [-0.15, -0.1) is 11.8 Å². The van der Waals surface area contributed by atoms with E-state index in [2.05, 4.69) is 5.32 Å². The Balaban J connectivity index is 2.45. The number of carbonyl (C=O) groups excluding carboxylic acids is 1. The van der Waals surface area contributed by atoms with E-state index in [1.54, 1.807) is 19.1 Å². The number of hydrogen-bond acceptors (Lipinski definition) is 3. The van der Waals surface area contributed by atoms with E-state index in [-0.39, 0.29) is 23.2 Å². The smallest absolute Gasteiger partial charge is 0.313 e. The maximum absolute atomic E-state index is 13.2. The van der Waals surface area contributed by atoms with Crippen LogP contribution in [0, 0.1) is 12.7 Å². The van der Waals surface area contributed by atoms with Crippen molar-refractivity contribution in [1.82, 2.24) is 0 Å². The molecular formula is C11H12FNO3S. The number of benzene rings is 1. The summed E-state index contributed by atoms with van der Waals surface area (Å²) in [7, 11) is 0. The summed E-state index contributed by atoms with van der Waals surface area (Å²) >= 11 is 0.991. The number of carboxylic acid groups (broad SMARTS) is 1. The third kappa shape index (κ3) is 4.86. The van der Waals surface area contributed by atoms with Gasteiger partial charge in [0.2, 0.25) is 5.91 Å². The molecule has 0 aliphatic rings. The lowest BCUT2D eigenvalue weighted by Crippen LogP contribution is -2.15. The van der Waals surface area contributed by atoms with Gasteiger partial charge in [-0.25, -0.2) is 4.39 Å². The molecule has 4 nitrogen and oxygen atoms in total. The lowest BCUT2D eigenvalue weighted by Gasteiger charge is -2.05. The summed E-state index contributed by atoms with van der Waals surface area (Å²) in [5.41, 5.74) is 0.872. The van der Waals surface area contributed by atoms with Crippen molar-refractivity contribution in [2.24, 2.45) is 0 Å². The Morgan fingerprint density at radius 3 is 2.71 bits per heavy atom. The van der Waals surface area contributed by atoms with E-state index in [1.165, 1.54) is 6.07 Å². The summed E-state index contributed by atoms with van der Waals surface area (Å²) < 4.78 is 13.2. The van der Waals surface area contributed by atoms with Crippen molar-refractivity contribution in [3.8, 4) is 0 Å². The summed E-state index contributed by atoms with van der Waals surface area (Å²) in [6.45, 7) is 1.63. The Labute approximate surface area is 102 Å². The molecule has 17 heavy (non-hydrogen) atoms. The Kier molecular flexibility index (Phi) is 4.96. The SMILES string of the molecule is Cc1ccc(NC(=O)CSCC(=O)O)cc1F. The van der Waals surface area contributed by atoms with Crippen LogP contribution in [-0.4, -0.2) is 28.5 Å². The van der Waals surface area contributed by atoms with Crippen molar-refractivity contribution < 1.29 is 19.1 Å². The summed E-state index contributed by atoms with van der Waals surface area (Å²) in [6.07, 6.45) is 0. The van der Waals surface area contributed by atoms with Gasteiger partial charge in [-0.1, -0.05) is 6.07 Å². The van der Waals surface area contributed by atoms with Gasteiger partial charge in [0, 0.05) is 5.69 Å². The first-order valence-corrected chi connectivity index (χ1v) is 6.00. The van der Waals surface area contributed by atoms with E-state index in [0.717, 1.165) is 11.8 Å². The summed E-state index contributed by atoms with van der Waals surface area (Å²) in [6, 6.07) is 4.39. The van der Waals surface area contributed by atoms with Crippen LogP contribution < -0.4 is 5.32 Å². The molecule has 0 radical (unpaired) electrons. The minimum Gasteiger partial charge on any atom is -0.481 e. The number of halogens is 1. The van der Waals surface area contributed by atoms with Crippen LogP contribution in [0.15, 0.2) is 18.2 Å². The first-order valence-electron chi connectivity index (χ1n) is 4.84. The van der Waals surface area contributed by atoms with Gasteiger partial charge in [-0.05, 0) is 24.6 Å². The number of nitrogens with one attached hydrogen (secondary N) is 1. The fourth-order valence-corrected chi connectivity index (χ4v) is 1.63. The van der Waals surface area contributed by atoms with Gasteiger partial charge < -0.3 is 10.4 Å². The third-order valence-corrected chi connectivity index (χ3v) is 2.83. The topological polar surface area (TPSA) is 66.4 Å². The number of rotatable bonds is 5. The average Bonchev–Trinajstić information content (AvgIpc) is 2.23. The maximum Gasteiger partial charge on any atom is 0.313 e. The van der Waals surface area contributed by atoms with Gasteiger partial charge in [0.05, 0.1) is 11.5 Å². The van der Waals surface area contributed by atoms with Crippen molar-refractivity contribution in [2.45, 2.75) is 6.92 Å². The molecule has 1 amide bonds. The molecule has 92 valence electrons. The van der Waals surface area contributed by atoms with Crippen LogP contribution in [0.25, 0.3) is 0 Å². The first kappa shape index (κ1) is 13.5. The fourth-order valence-electron chi connectivity index (χ4n) is 1.10. The highest BCUT2D eigenvalue weighted by atomic mass is 32.2. The van der Waals surface area contributed by atoms with Crippen LogP contribution in [0.5, 0.6) is 0 Å². The molecule has 0 atom stereocenters. The third-order valence-electron chi connectivity index (χ3n) is 1.91. The molecule has 1 rings (SSSR count). The van der Waals surface area contributed by atoms with E-state index in [0.29, 0.717) is 11.3 Å². The van der Waals surface area contributed by atoms with Gasteiger partial charge in [0.25, 0.3) is 0 Å². The second kappa shape index (κ2) is 6.24. The monoisotopic (exact) mass is 257 g/mol. The highest BCUT2D eigenvalue weighted by Gasteiger charge is 2.06. The zero-order valence-electron chi connectivity index (χ0n) is 9.20. The minimum absolute atomic E-state index is 0.0296. The van der Waals surface area contributed by atoms with Crippen molar-refractivity contribution in [3.05, 3.63) is 29.6 Å². The van der Waals surface area contributed by atoms with E-state index >= 15 is 0 Å². The molecule has 2 N–H and O–H groups in total. The van der Waals surface area contributed by atoms with E-state index in [9.17, 15) is 14.0 Å². The lowest BCUT2D eigenvalue weighted by atomic mass is 10.2. The standard InChI is InChI=1S/C11H12FNO3S/c1-7-2-3-8(4-9(7)12)13-10(14)5-17-6-11(15)16/h2-4H,5-6H2,1H3,(H,13,14)(H,15,16). The Morgan fingerprint density at radius 1 is 1.41 bits per heavy atom. The first-order chi connectivity index (χ1) is 7.99. The number of hydrogen-bond donors (Lipinski definition) is 2. The van der Waals surface area contributed by atoms with Crippen molar-refractivity contribution in [2.75, 3.05) is 16.8 Å². The summed E-state index contributed by atoms with van der Waals surface area (Å²) in [5, 5.41) is 10.9. The molecule has 0 bridgehead atoms. The van der Waals surface area contributed by atoms with Crippen LogP contribution in [0.3, 0.4) is 0 Å². The normalized spacial score (nSPS) is 10.0. The molecule has 0 heterocycles. The zero-order chi connectivity index (χ0) is 12.8. The highest BCUT2D eigenvalue weighted by molar-refractivity contribution is 8.00. The number of carbonyl (C=O) groups is 2.